The zero-order valence-electron chi connectivity index (χ0n) is 12.4. The quantitative estimate of drug-likeness (QED) is 0.897. The van der Waals surface area contributed by atoms with E-state index in [0.29, 0.717) is 24.6 Å². The Morgan fingerprint density at radius 2 is 2.10 bits per heavy atom. The summed E-state index contributed by atoms with van der Waals surface area (Å²) in [6.07, 6.45) is 0.655. The van der Waals surface area contributed by atoms with Crippen molar-refractivity contribution >= 4 is 11.8 Å². The van der Waals surface area contributed by atoms with Crippen molar-refractivity contribution in [1.29, 1.82) is 0 Å². The number of nitrogens with zero attached hydrogens (tertiary/aromatic N) is 2. The van der Waals surface area contributed by atoms with Gasteiger partial charge in [-0.25, -0.2) is 0 Å². The highest BCUT2D eigenvalue weighted by molar-refractivity contribution is 5.94. The maximum absolute atomic E-state index is 12.4. The third kappa shape index (κ3) is 3.00. The summed E-state index contributed by atoms with van der Waals surface area (Å²) in [5.74, 6) is 0.908. The van der Waals surface area contributed by atoms with E-state index in [1.165, 1.54) is 0 Å². The fourth-order valence-electron chi connectivity index (χ4n) is 2.46. The highest BCUT2D eigenvalue weighted by Crippen LogP contribution is 2.18. The first-order chi connectivity index (χ1) is 9.38. The van der Waals surface area contributed by atoms with Crippen LogP contribution in [0.2, 0.25) is 0 Å². The molecule has 6 nitrogen and oxygen atoms in total. The Balaban J connectivity index is 2.14. The number of carbonyl (C=O) groups excluding carboxylic acids is 2. The Labute approximate surface area is 118 Å². The van der Waals surface area contributed by atoms with Crippen molar-refractivity contribution in [2.24, 2.45) is 5.92 Å². The van der Waals surface area contributed by atoms with E-state index in [9.17, 15) is 9.59 Å². The van der Waals surface area contributed by atoms with Crippen LogP contribution in [0.3, 0.4) is 0 Å². The standard InChI is InChI=1S/C14H21N3O3/c1-8(2)5-12-14(19)17(7-13(18)15-12)6-11-9(3)16-20-10(11)4/h8,12H,5-7H2,1-4H3,(H,15,18). The molecule has 1 aromatic heterocycles. The minimum atomic E-state index is -0.420. The van der Waals surface area contributed by atoms with Gasteiger partial charge in [0, 0.05) is 5.56 Å². The first-order valence-electron chi connectivity index (χ1n) is 6.88. The molecular weight excluding hydrogens is 258 g/mol. The van der Waals surface area contributed by atoms with Gasteiger partial charge in [0.25, 0.3) is 0 Å². The third-order valence-corrected chi connectivity index (χ3v) is 3.52. The molecule has 0 aliphatic carbocycles. The molecule has 0 saturated carbocycles. The molecule has 1 aliphatic rings. The number of piperazine rings is 1. The van der Waals surface area contributed by atoms with Crippen LogP contribution in [0.4, 0.5) is 0 Å². The van der Waals surface area contributed by atoms with Gasteiger partial charge in [0.2, 0.25) is 11.8 Å². The fraction of sp³-hybridized carbons (Fsp3) is 0.643. The fourth-order valence-corrected chi connectivity index (χ4v) is 2.46. The van der Waals surface area contributed by atoms with Gasteiger partial charge in [-0.2, -0.15) is 0 Å². The first kappa shape index (κ1) is 14.6. The lowest BCUT2D eigenvalue weighted by molar-refractivity contribution is -0.145. The van der Waals surface area contributed by atoms with Crippen LogP contribution in [0.25, 0.3) is 0 Å². The van der Waals surface area contributed by atoms with Gasteiger partial charge in [0.15, 0.2) is 0 Å². The Bertz CT molecular complexity index is 502. The van der Waals surface area contributed by atoms with E-state index in [0.717, 1.165) is 11.3 Å². The van der Waals surface area contributed by atoms with Gasteiger partial charge in [-0.3, -0.25) is 9.59 Å². The van der Waals surface area contributed by atoms with Crippen molar-refractivity contribution in [2.75, 3.05) is 6.54 Å². The zero-order valence-corrected chi connectivity index (χ0v) is 12.4. The van der Waals surface area contributed by atoms with E-state index in [-0.39, 0.29) is 18.4 Å². The molecule has 1 fully saturated rings. The van der Waals surface area contributed by atoms with Crippen LogP contribution in [0.15, 0.2) is 4.52 Å². The summed E-state index contributed by atoms with van der Waals surface area (Å²) in [6, 6.07) is -0.420. The van der Waals surface area contributed by atoms with Crippen molar-refractivity contribution in [1.82, 2.24) is 15.4 Å². The maximum atomic E-state index is 12.4. The molecule has 0 bridgehead atoms. The molecule has 0 aromatic carbocycles. The van der Waals surface area contributed by atoms with E-state index >= 15 is 0 Å². The molecule has 0 radical (unpaired) electrons. The average Bonchev–Trinajstić information content (AvgIpc) is 2.66. The number of carbonyl (C=O) groups is 2. The van der Waals surface area contributed by atoms with Crippen LogP contribution in [0.1, 0.15) is 37.3 Å². The van der Waals surface area contributed by atoms with Crippen LogP contribution >= 0.6 is 0 Å². The van der Waals surface area contributed by atoms with Gasteiger partial charge >= 0.3 is 0 Å². The van der Waals surface area contributed by atoms with Crippen molar-refractivity contribution in [2.45, 2.75) is 46.7 Å². The number of nitrogens with one attached hydrogen (secondary N) is 1. The number of hydrogen-bond acceptors (Lipinski definition) is 4. The third-order valence-electron chi connectivity index (χ3n) is 3.52. The molecule has 2 heterocycles. The van der Waals surface area contributed by atoms with E-state index < -0.39 is 6.04 Å². The summed E-state index contributed by atoms with van der Waals surface area (Å²) in [5, 5.41) is 6.65. The number of aromatic nitrogens is 1. The SMILES string of the molecule is Cc1noc(C)c1CN1CC(=O)NC(CC(C)C)C1=O. The van der Waals surface area contributed by atoms with Crippen LogP contribution in [-0.2, 0) is 16.1 Å². The van der Waals surface area contributed by atoms with Crippen molar-refractivity contribution in [3.05, 3.63) is 17.0 Å². The first-order valence-corrected chi connectivity index (χ1v) is 6.88. The average molecular weight is 279 g/mol. The molecule has 2 amide bonds. The normalized spacial score (nSPS) is 19.6. The number of hydrogen-bond donors (Lipinski definition) is 1. The van der Waals surface area contributed by atoms with Gasteiger partial charge in [0.1, 0.15) is 11.8 Å². The van der Waals surface area contributed by atoms with Crippen LogP contribution in [0.5, 0.6) is 0 Å². The molecule has 1 aromatic rings. The zero-order chi connectivity index (χ0) is 14.9. The Morgan fingerprint density at radius 3 is 2.65 bits per heavy atom. The Hall–Kier alpha value is -1.85. The minimum absolute atomic E-state index is 0.0294. The van der Waals surface area contributed by atoms with Gasteiger partial charge < -0.3 is 14.7 Å². The smallest absolute Gasteiger partial charge is 0.245 e. The highest BCUT2D eigenvalue weighted by Gasteiger charge is 2.33. The Morgan fingerprint density at radius 1 is 1.40 bits per heavy atom. The lowest BCUT2D eigenvalue weighted by Gasteiger charge is -2.33. The van der Waals surface area contributed by atoms with Gasteiger partial charge in [0.05, 0.1) is 18.8 Å². The van der Waals surface area contributed by atoms with Crippen molar-refractivity contribution in [3.8, 4) is 0 Å². The monoisotopic (exact) mass is 279 g/mol. The van der Waals surface area contributed by atoms with Crippen LogP contribution in [-0.4, -0.2) is 34.5 Å². The molecular formula is C14H21N3O3. The van der Waals surface area contributed by atoms with Gasteiger partial charge in [-0.1, -0.05) is 19.0 Å². The molecule has 2 rings (SSSR count). The topological polar surface area (TPSA) is 75.4 Å². The van der Waals surface area contributed by atoms with Crippen molar-refractivity contribution in [3.63, 3.8) is 0 Å². The van der Waals surface area contributed by atoms with E-state index in [1.54, 1.807) is 4.90 Å². The molecule has 0 spiro atoms. The Kier molecular flexibility index (Phi) is 4.11. The number of rotatable bonds is 4. The molecule has 1 aliphatic heterocycles. The summed E-state index contributed by atoms with van der Waals surface area (Å²) in [7, 11) is 0. The summed E-state index contributed by atoms with van der Waals surface area (Å²) < 4.78 is 5.10. The molecule has 20 heavy (non-hydrogen) atoms. The molecule has 1 saturated heterocycles. The molecule has 110 valence electrons. The minimum Gasteiger partial charge on any atom is -0.361 e. The maximum Gasteiger partial charge on any atom is 0.245 e. The highest BCUT2D eigenvalue weighted by atomic mass is 16.5. The largest absolute Gasteiger partial charge is 0.361 e. The van der Waals surface area contributed by atoms with E-state index in [1.807, 2.05) is 27.7 Å². The van der Waals surface area contributed by atoms with E-state index in [4.69, 9.17) is 4.52 Å². The lowest BCUT2D eigenvalue weighted by atomic mass is 10.0. The molecule has 1 atom stereocenters. The van der Waals surface area contributed by atoms with Crippen molar-refractivity contribution < 1.29 is 14.1 Å². The van der Waals surface area contributed by atoms with Crippen LogP contribution in [0, 0.1) is 19.8 Å². The summed E-state index contributed by atoms with van der Waals surface area (Å²) in [4.78, 5) is 25.8. The predicted molar refractivity (Wildman–Crippen MR) is 72.8 cm³/mol. The second-order valence-electron chi connectivity index (χ2n) is 5.75. The van der Waals surface area contributed by atoms with Gasteiger partial charge in [-0.15, -0.1) is 0 Å². The summed E-state index contributed by atoms with van der Waals surface area (Å²) in [5.41, 5.74) is 1.65. The molecule has 1 unspecified atom stereocenters. The number of aryl methyl sites for hydroxylation is 2. The molecule has 1 N–H and O–H groups in total. The van der Waals surface area contributed by atoms with Gasteiger partial charge in [-0.05, 0) is 26.2 Å². The second-order valence-corrected chi connectivity index (χ2v) is 5.75. The summed E-state index contributed by atoms with van der Waals surface area (Å²) in [6.45, 7) is 8.19. The summed E-state index contributed by atoms with van der Waals surface area (Å²) >= 11 is 0. The van der Waals surface area contributed by atoms with Crippen LogP contribution < -0.4 is 5.32 Å². The number of amides is 2. The second kappa shape index (κ2) is 5.64. The predicted octanol–water partition coefficient (Wildman–Crippen LogP) is 1.16. The van der Waals surface area contributed by atoms with E-state index in [2.05, 4.69) is 10.5 Å². The lowest BCUT2D eigenvalue weighted by Crippen LogP contribution is -2.57. The molecule has 6 heteroatoms.